The Morgan fingerprint density at radius 2 is 2.15 bits per heavy atom. The molecule has 2 heteroatoms. The fourth-order valence-corrected chi connectivity index (χ4v) is 2.57. The Bertz CT molecular complexity index is 331. The number of rotatable bonds is 0. The van der Waals surface area contributed by atoms with Crippen molar-refractivity contribution >= 4 is 15.9 Å². The van der Waals surface area contributed by atoms with Crippen LogP contribution >= 0.6 is 15.9 Å². The van der Waals surface area contributed by atoms with E-state index in [-0.39, 0.29) is 0 Å². The summed E-state index contributed by atoms with van der Waals surface area (Å²) in [6, 6.07) is 0. The molecule has 1 aliphatic carbocycles. The van der Waals surface area contributed by atoms with Crippen molar-refractivity contribution < 1.29 is 0 Å². The van der Waals surface area contributed by atoms with E-state index in [2.05, 4.69) is 34.8 Å². The minimum Gasteiger partial charge on any atom is -0.263 e. The Hall–Kier alpha value is -0.370. The molecule has 1 aromatic rings. The topological polar surface area (TPSA) is 12.9 Å². The number of halogens is 1. The lowest BCUT2D eigenvalue weighted by Gasteiger charge is -2.31. The first kappa shape index (κ1) is 9.20. The van der Waals surface area contributed by atoms with Crippen molar-refractivity contribution in [1.29, 1.82) is 0 Å². The van der Waals surface area contributed by atoms with Gasteiger partial charge >= 0.3 is 0 Å². The molecule has 2 rings (SSSR count). The molecule has 0 saturated carbocycles. The van der Waals surface area contributed by atoms with Crippen LogP contribution in [0.4, 0.5) is 0 Å². The third-order valence-electron chi connectivity index (χ3n) is 2.81. The quantitative estimate of drug-likeness (QED) is 0.677. The van der Waals surface area contributed by atoms with Crippen molar-refractivity contribution in [1.82, 2.24) is 4.98 Å². The van der Waals surface area contributed by atoms with Gasteiger partial charge in [0.2, 0.25) is 0 Å². The van der Waals surface area contributed by atoms with Gasteiger partial charge in [0.05, 0.1) is 0 Å². The van der Waals surface area contributed by atoms with Crippen LogP contribution in [0.25, 0.3) is 0 Å². The highest BCUT2D eigenvalue weighted by Gasteiger charge is 2.26. The molecule has 1 aromatic heterocycles. The van der Waals surface area contributed by atoms with E-state index < -0.39 is 0 Å². The Morgan fingerprint density at radius 1 is 1.38 bits per heavy atom. The summed E-state index contributed by atoms with van der Waals surface area (Å²) < 4.78 is 1.18. The molecule has 0 atom stereocenters. The minimum atomic E-state index is 0.454. The van der Waals surface area contributed by atoms with Gasteiger partial charge in [-0.15, -0.1) is 0 Å². The van der Waals surface area contributed by atoms with Crippen molar-refractivity contribution in [2.24, 2.45) is 5.41 Å². The van der Waals surface area contributed by atoms with Crippen molar-refractivity contribution in [3.05, 3.63) is 28.0 Å². The summed E-state index contributed by atoms with van der Waals surface area (Å²) in [5.41, 5.74) is 3.34. The summed E-state index contributed by atoms with van der Waals surface area (Å²) in [5, 5.41) is 0. The van der Waals surface area contributed by atoms with Crippen LogP contribution in [0.2, 0.25) is 0 Å². The fraction of sp³-hybridized carbons (Fsp3) is 0.545. The first-order valence-electron chi connectivity index (χ1n) is 4.70. The van der Waals surface area contributed by atoms with E-state index in [1.54, 1.807) is 0 Å². The van der Waals surface area contributed by atoms with Crippen LogP contribution in [0.3, 0.4) is 0 Å². The van der Waals surface area contributed by atoms with Gasteiger partial charge in [-0.2, -0.15) is 0 Å². The fourth-order valence-electron chi connectivity index (χ4n) is 2.00. The molecule has 0 saturated heterocycles. The van der Waals surface area contributed by atoms with E-state index in [1.807, 2.05) is 12.4 Å². The normalized spacial score (nSPS) is 19.6. The van der Waals surface area contributed by atoms with E-state index >= 15 is 0 Å². The molecule has 0 unspecified atom stereocenters. The van der Waals surface area contributed by atoms with Crippen molar-refractivity contribution in [3.8, 4) is 0 Å². The molecule has 1 heterocycles. The highest BCUT2D eigenvalue weighted by molar-refractivity contribution is 9.10. The van der Waals surface area contributed by atoms with Crippen LogP contribution in [0.1, 0.15) is 31.4 Å². The van der Waals surface area contributed by atoms with Gasteiger partial charge in [-0.3, -0.25) is 4.98 Å². The molecule has 70 valence electrons. The van der Waals surface area contributed by atoms with Crippen LogP contribution < -0.4 is 0 Å². The average molecular weight is 240 g/mol. The van der Waals surface area contributed by atoms with Crippen LogP contribution in [-0.4, -0.2) is 4.98 Å². The van der Waals surface area contributed by atoms with Crippen LogP contribution in [0.15, 0.2) is 16.9 Å². The smallest absolute Gasteiger partial charge is 0.0413 e. The second kappa shape index (κ2) is 3.09. The monoisotopic (exact) mass is 239 g/mol. The molecular formula is C11H14BrN. The maximum atomic E-state index is 4.22. The van der Waals surface area contributed by atoms with Crippen LogP contribution in [0, 0.1) is 5.41 Å². The van der Waals surface area contributed by atoms with Gasteiger partial charge < -0.3 is 0 Å². The highest BCUT2D eigenvalue weighted by Crippen LogP contribution is 2.36. The predicted molar refractivity (Wildman–Crippen MR) is 57.7 cm³/mol. The Kier molecular flexibility index (Phi) is 2.18. The summed E-state index contributed by atoms with van der Waals surface area (Å²) in [6.45, 7) is 4.66. The van der Waals surface area contributed by atoms with Crippen molar-refractivity contribution in [2.75, 3.05) is 0 Å². The zero-order valence-corrected chi connectivity index (χ0v) is 9.69. The van der Waals surface area contributed by atoms with Crippen molar-refractivity contribution in [2.45, 2.75) is 33.1 Å². The maximum Gasteiger partial charge on any atom is 0.0413 e. The zero-order chi connectivity index (χ0) is 9.47. The molecule has 0 aromatic carbocycles. The molecule has 13 heavy (non-hydrogen) atoms. The summed E-state index contributed by atoms with van der Waals surface area (Å²) in [7, 11) is 0. The van der Waals surface area contributed by atoms with E-state index in [9.17, 15) is 0 Å². The molecule has 1 aliphatic rings. The zero-order valence-electron chi connectivity index (χ0n) is 8.10. The number of nitrogens with zero attached hydrogens (tertiary/aromatic N) is 1. The summed E-state index contributed by atoms with van der Waals surface area (Å²) in [4.78, 5) is 4.22. The van der Waals surface area contributed by atoms with Crippen LogP contribution in [-0.2, 0) is 12.8 Å². The lowest BCUT2D eigenvalue weighted by Crippen LogP contribution is -2.22. The first-order chi connectivity index (χ1) is 6.08. The van der Waals surface area contributed by atoms with Crippen molar-refractivity contribution in [3.63, 3.8) is 0 Å². The first-order valence-corrected chi connectivity index (χ1v) is 5.49. The van der Waals surface area contributed by atoms with E-state index in [4.69, 9.17) is 0 Å². The van der Waals surface area contributed by atoms with Crippen LogP contribution in [0.5, 0.6) is 0 Å². The van der Waals surface area contributed by atoms with E-state index in [1.165, 1.54) is 28.4 Å². The SMILES string of the molecule is CC1(C)CCc2c(Br)cncc2C1. The number of aromatic nitrogens is 1. The number of pyridine rings is 1. The summed E-state index contributed by atoms with van der Waals surface area (Å²) in [5.74, 6) is 0. The lowest BCUT2D eigenvalue weighted by molar-refractivity contribution is 0.314. The molecule has 0 fully saturated rings. The number of fused-ring (bicyclic) bond motifs is 1. The van der Waals surface area contributed by atoms with Gasteiger partial charge in [0.25, 0.3) is 0 Å². The van der Waals surface area contributed by atoms with Gasteiger partial charge in [0.1, 0.15) is 0 Å². The van der Waals surface area contributed by atoms with Gasteiger partial charge in [-0.05, 0) is 51.7 Å². The summed E-state index contributed by atoms with van der Waals surface area (Å²) >= 11 is 3.56. The van der Waals surface area contributed by atoms with E-state index in [0.29, 0.717) is 5.41 Å². The third-order valence-corrected chi connectivity index (χ3v) is 3.50. The maximum absolute atomic E-state index is 4.22. The standard InChI is InChI=1S/C11H14BrN/c1-11(2)4-3-9-8(5-11)6-13-7-10(9)12/h6-7H,3-5H2,1-2H3. The average Bonchev–Trinajstić information content (AvgIpc) is 2.02. The Morgan fingerprint density at radius 3 is 2.92 bits per heavy atom. The van der Waals surface area contributed by atoms with Gasteiger partial charge in [-0.1, -0.05) is 13.8 Å². The largest absolute Gasteiger partial charge is 0.263 e. The second-order valence-electron chi connectivity index (χ2n) is 4.60. The Balaban J connectivity index is 2.42. The molecule has 1 nitrogen and oxygen atoms in total. The third kappa shape index (κ3) is 1.78. The van der Waals surface area contributed by atoms with Gasteiger partial charge in [-0.25, -0.2) is 0 Å². The Labute approximate surface area is 87.7 Å². The minimum absolute atomic E-state index is 0.454. The second-order valence-corrected chi connectivity index (χ2v) is 5.45. The number of hydrogen-bond donors (Lipinski definition) is 0. The van der Waals surface area contributed by atoms with Gasteiger partial charge in [0.15, 0.2) is 0 Å². The van der Waals surface area contributed by atoms with Gasteiger partial charge in [0, 0.05) is 16.9 Å². The molecule has 0 radical (unpaired) electrons. The molecule has 0 bridgehead atoms. The van der Waals surface area contributed by atoms with E-state index in [0.717, 1.165) is 6.42 Å². The molecule has 0 amide bonds. The molecule has 0 N–H and O–H groups in total. The highest BCUT2D eigenvalue weighted by atomic mass is 79.9. The molecular weight excluding hydrogens is 226 g/mol. The molecule has 0 spiro atoms. The predicted octanol–water partition coefficient (Wildman–Crippen LogP) is 3.36. The lowest BCUT2D eigenvalue weighted by atomic mass is 9.75. The summed E-state index contributed by atoms with van der Waals surface area (Å²) in [6.07, 6.45) is 7.54. The number of hydrogen-bond acceptors (Lipinski definition) is 1. The molecule has 0 aliphatic heterocycles.